The molecular formula is C13H7Cl2N3O5. The lowest BCUT2D eigenvalue weighted by molar-refractivity contribution is -0.394. The summed E-state index contributed by atoms with van der Waals surface area (Å²) in [5.41, 5.74) is -1.41. The Morgan fingerprint density at radius 2 is 1.74 bits per heavy atom. The van der Waals surface area contributed by atoms with Gasteiger partial charge in [0.25, 0.3) is 17.3 Å². The molecule has 2 aromatic rings. The van der Waals surface area contributed by atoms with Crippen LogP contribution in [0.5, 0.6) is 0 Å². The molecule has 0 heterocycles. The van der Waals surface area contributed by atoms with E-state index in [2.05, 4.69) is 5.32 Å². The van der Waals surface area contributed by atoms with Gasteiger partial charge in [-0.2, -0.15) is 0 Å². The van der Waals surface area contributed by atoms with Crippen LogP contribution in [0.3, 0.4) is 0 Å². The molecule has 0 bridgehead atoms. The van der Waals surface area contributed by atoms with Gasteiger partial charge in [0, 0.05) is 16.8 Å². The summed E-state index contributed by atoms with van der Waals surface area (Å²) in [4.78, 5) is 32.2. The summed E-state index contributed by atoms with van der Waals surface area (Å²) in [6.07, 6.45) is 0. The number of benzene rings is 2. The SMILES string of the molecule is O=C(Nc1cccc(Cl)c1)c1cc([N+](=O)[O-])cc([N+](=O)[O-])c1Cl. The zero-order chi connectivity index (χ0) is 17.1. The number of nitrogens with one attached hydrogen (secondary N) is 1. The van der Waals surface area contributed by atoms with Crippen molar-refractivity contribution in [3.63, 3.8) is 0 Å². The van der Waals surface area contributed by atoms with Crippen molar-refractivity contribution < 1.29 is 14.6 Å². The van der Waals surface area contributed by atoms with Gasteiger partial charge in [0.2, 0.25) is 0 Å². The number of hydrogen-bond donors (Lipinski definition) is 1. The van der Waals surface area contributed by atoms with Gasteiger partial charge in [0.15, 0.2) is 0 Å². The minimum atomic E-state index is -0.897. The van der Waals surface area contributed by atoms with E-state index in [0.717, 1.165) is 6.07 Å². The van der Waals surface area contributed by atoms with Gasteiger partial charge < -0.3 is 5.32 Å². The molecule has 0 atom stereocenters. The van der Waals surface area contributed by atoms with Crippen LogP contribution < -0.4 is 5.32 Å². The Hall–Kier alpha value is -2.71. The summed E-state index contributed by atoms with van der Waals surface area (Å²) in [6, 6.07) is 7.70. The lowest BCUT2D eigenvalue weighted by Gasteiger charge is -2.07. The van der Waals surface area contributed by atoms with Crippen LogP contribution in [0.15, 0.2) is 36.4 Å². The topological polar surface area (TPSA) is 115 Å². The number of anilines is 1. The van der Waals surface area contributed by atoms with Crippen LogP contribution >= 0.6 is 23.2 Å². The standard InChI is InChI=1S/C13H7Cl2N3O5/c14-7-2-1-3-8(4-7)16-13(19)10-5-9(17(20)21)6-11(12(10)15)18(22)23/h1-6H,(H,16,19). The number of rotatable bonds is 4. The molecule has 8 nitrogen and oxygen atoms in total. The van der Waals surface area contributed by atoms with Crippen LogP contribution in [-0.4, -0.2) is 15.8 Å². The lowest BCUT2D eigenvalue weighted by atomic mass is 10.1. The molecule has 2 rings (SSSR count). The largest absolute Gasteiger partial charge is 0.322 e. The fourth-order valence-electron chi connectivity index (χ4n) is 1.76. The van der Waals surface area contributed by atoms with Gasteiger partial charge in [0.1, 0.15) is 5.02 Å². The fourth-order valence-corrected chi connectivity index (χ4v) is 2.22. The molecule has 10 heteroatoms. The van der Waals surface area contributed by atoms with Crippen LogP contribution in [-0.2, 0) is 0 Å². The highest BCUT2D eigenvalue weighted by Crippen LogP contribution is 2.33. The third kappa shape index (κ3) is 3.74. The first-order valence-electron chi connectivity index (χ1n) is 5.99. The summed E-state index contributed by atoms with van der Waals surface area (Å²) in [5, 5.41) is 24.1. The molecule has 23 heavy (non-hydrogen) atoms. The molecule has 0 saturated heterocycles. The van der Waals surface area contributed by atoms with E-state index in [-0.39, 0.29) is 5.56 Å². The predicted octanol–water partition coefficient (Wildman–Crippen LogP) is 4.06. The molecule has 1 N–H and O–H groups in total. The van der Waals surface area contributed by atoms with E-state index < -0.39 is 32.2 Å². The fraction of sp³-hybridized carbons (Fsp3) is 0. The van der Waals surface area contributed by atoms with Gasteiger partial charge in [-0.05, 0) is 18.2 Å². The average molecular weight is 356 g/mol. The molecule has 0 spiro atoms. The number of nitro groups is 2. The molecule has 1 amide bonds. The van der Waals surface area contributed by atoms with E-state index in [0.29, 0.717) is 16.8 Å². The Bertz CT molecular complexity index is 825. The maximum absolute atomic E-state index is 12.2. The Labute approximate surface area is 138 Å². The van der Waals surface area contributed by atoms with Crippen molar-refractivity contribution in [2.45, 2.75) is 0 Å². The number of nitrogens with zero attached hydrogens (tertiary/aromatic N) is 2. The third-order valence-electron chi connectivity index (χ3n) is 2.77. The second-order valence-corrected chi connectivity index (χ2v) is 5.12. The van der Waals surface area contributed by atoms with E-state index in [9.17, 15) is 25.0 Å². The van der Waals surface area contributed by atoms with Crippen LogP contribution in [0.25, 0.3) is 0 Å². The summed E-state index contributed by atoms with van der Waals surface area (Å²) in [6.45, 7) is 0. The van der Waals surface area contributed by atoms with Gasteiger partial charge in [-0.1, -0.05) is 29.3 Å². The number of nitro benzene ring substituents is 2. The van der Waals surface area contributed by atoms with Crippen molar-refractivity contribution in [1.82, 2.24) is 0 Å². The molecule has 0 saturated carbocycles. The van der Waals surface area contributed by atoms with Gasteiger partial charge in [0.05, 0.1) is 21.5 Å². The van der Waals surface area contributed by atoms with Crippen molar-refractivity contribution in [3.05, 3.63) is 72.2 Å². The van der Waals surface area contributed by atoms with Crippen LogP contribution in [0.2, 0.25) is 10.0 Å². The van der Waals surface area contributed by atoms with Gasteiger partial charge >= 0.3 is 0 Å². The lowest BCUT2D eigenvalue weighted by Crippen LogP contribution is -2.13. The number of halogens is 2. The predicted molar refractivity (Wildman–Crippen MR) is 84.2 cm³/mol. The van der Waals surface area contributed by atoms with Crippen molar-refractivity contribution >= 4 is 46.2 Å². The Morgan fingerprint density at radius 1 is 1.04 bits per heavy atom. The highest BCUT2D eigenvalue weighted by atomic mass is 35.5. The molecule has 0 aliphatic heterocycles. The van der Waals surface area contributed by atoms with Crippen molar-refractivity contribution in [2.24, 2.45) is 0 Å². The first-order chi connectivity index (χ1) is 10.8. The minimum absolute atomic E-state index is 0.313. The molecule has 2 aromatic carbocycles. The number of hydrogen-bond acceptors (Lipinski definition) is 5. The van der Waals surface area contributed by atoms with Crippen molar-refractivity contribution in [1.29, 1.82) is 0 Å². The molecule has 118 valence electrons. The Morgan fingerprint density at radius 3 is 2.30 bits per heavy atom. The van der Waals surface area contributed by atoms with E-state index in [1.807, 2.05) is 0 Å². The van der Waals surface area contributed by atoms with Gasteiger partial charge in [-0.25, -0.2) is 0 Å². The number of carbonyl (C=O) groups is 1. The van der Waals surface area contributed by atoms with Crippen LogP contribution in [0, 0.1) is 20.2 Å². The van der Waals surface area contributed by atoms with Crippen LogP contribution in [0.1, 0.15) is 10.4 Å². The molecule has 0 unspecified atom stereocenters. The highest BCUT2D eigenvalue weighted by Gasteiger charge is 2.26. The quantitative estimate of drug-likeness (QED) is 0.655. The normalized spacial score (nSPS) is 10.2. The molecule has 0 aliphatic carbocycles. The zero-order valence-corrected chi connectivity index (χ0v) is 12.7. The minimum Gasteiger partial charge on any atom is -0.322 e. The zero-order valence-electron chi connectivity index (χ0n) is 11.2. The van der Waals surface area contributed by atoms with Gasteiger partial charge in [-0.3, -0.25) is 25.0 Å². The average Bonchev–Trinajstić information content (AvgIpc) is 2.46. The van der Waals surface area contributed by atoms with Crippen LogP contribution in [0.4, 0.5) is 17.1 Å². The summed E-state index contributed by atoms with van der Waals surface area (Å²) in [7, 11) is 0. The maximum atomic E-state index is 12.2. The van der Waals surface area contributed by atoms with E-state index in [1.165, 1.54) is 12.1 Å². The van der Waals surface area contributed by atoms with Gasteiger partial charge in [-0.15, -0.1) is 0 Å². The summed E-state index contributed by atoms with van der Waals surface area (Å²) < 4.78 is 0. The van der Waals surface area contributed by atoms with E-state index in [1.54, 1.807) is 12.1 Å². The Balaban J connectivity index is 2.46. The number of carbonyl (C=O) groups excluding carboxylic acids is 1. The number of non-ortho nitro benzene ring substituents is 1. The second-order valence-electron chi connectivity index (χ2n) is 4.31. The maximum Gasteiger partial charge on any atom is 0.295 e. The number of amides is 1. The molecular weight excluding hydrogens is 349 g/mol. The molecule has 0 aromatic heterocycles. The molecule has 0 fully saturated rings. The third-order valence-corrected chi connectivity index (χ3v) is 3.41. The summed E-state index contributed by atoms with van der Waals surface area (Å²) in [5.74, 6) is -0.830. The highest BCUT2D eigenvalue weighted by molar-refractivity contribution is 6.36. The van der Waals surface area contributed by atoms with E-state index >= 15 is 0 Å². The molecule has 0 aliphatic rings. The monoisotopic (exact) mass is 355 g/mol. The second kappa shape index (κ2) is 6.59. The first kappa shape index (κ1) is 16.7. The van der Waals surface area contributed by atoms with Crippen molar-refractivity contribution in [3.8, 4) is 0 Å². The van der Waals surface area contributed by atoms with Crippen molar-refractivity contribution in [2.75, 3.05) is 5.32 Å². The first-order valence-corrected chi connectivity index (χ1v) is 6.74. The smallest absolute Gasteiger partial charge is 0.295 e. The Kier molecular flexibility index (Phi) is 4.77. The molecule has 0 radical (unpaired) electrons. The van der Waals surface area contributed by atoms with E-state index in [4.69, 9.17) is 23.2 Å². The summed E-state index contributed by atoms with van der Waals surface area (Å²) >= 11 is 11.6.